The van der Waals surface area contributed by atoms with Gasteiger partial charge in [-0.3, -0.25) is 9.59 Å². The van der Waals surface area contributed by atoms with Crippen LogP contribution < -0.4 is 5.32 Å². The zero-order chi connectivity index (χ0) is 18.9. The second-order valence-electron chi connectivity index (χ2n) is 7.68. The Bertz CT molecular complexity index is 826. The second kappa shape index (κ2) is 7.09. The zero-order valence-corrected chi connectivity index (χ0v) is 16.1. The van der Waals surface area contributed by atoms with Crippen molar-refractivity contribution in [1.82, 2.24) is 19.8 Å². The highest BCUT2D eigenvalue weighted by Crippen LogP contribution is 2.30. The molecule has 0 aliphatic carbocycles. The Balaban J connectivity index is 1.98. The van der Waals surface area contributed by atoms with Crippen molar-refractivity contribution in [3.05, 3.63) is 30.1 Å². The molecule has 0 fully saturated rings. The van der Waals surface area contributed by atoms with E-state index in [1.54, 1.807) is 4.90 Å². The Morgan fingerprint density at radius 3 is 2.77 bits per heavy atom. The molecule has 140 valence electrons. The molecule has 1 unspecified atom stereocenters. The van der Waals surface area contributed by atoms with Crippen molar-refractivity contribution in [2.75, 3.05) is 13.1 Å². The predicted octanol–water partition coefficient (Wildman–Crippen LogP) is 2.82. The van der Waals surface area contributed by atoms with E-state index in [4.69, 9.17) is 0 Å². The Hall–Kier alpha value is -2.37. The first-order valence-corrected chi connectivity index (χ1v) is 9.44. The summed E-state index contributed by atoms with van der Waals surface area (Å²) in [6.07, 6.45) is 1.71. The average molecular weight is 356 g/mol. The van der Waals surface area contributed by atoms with E-state index < -0.39 is 5.54 Å². The van der Waals surface area contributed by atoms with E-state index in [2.05, 4.69) is 24.1 Å². The molecule has 1 aliphatic heterocycles. The van der Waals surface area contributed by atoms with E-state index in [1.165, 1.54) is 0 Å². The summed E-state index contributed by atoms with van der Waals surface area (Å²) in [5, 5.41) is 3.04. The fourth-order valence-corrected chi connectivity index (χ4v) is 3.57. The number of benzene rings is 1. The fraction of sp³-hybridized carbons (Fsp3) is 0.550. The lowest BCUT2D eigenvalue weighted by atomic mass is 9.94. The maximum atomic E-state index is 13.1. The minimum Gasteiger partial charge on any atom is -0.354 e. The van der Waals surface area contributed by atoms with Crippen molar-refractivity contribution < 1.29 is 9.59 Å². The van der Waals surface area contributed by atoms with Crippen LogP contribution in [0.5, 0.6) is 0 Å². The van der Waals surface area contributed by atoms with Gasteiger partial charge in [0.25, 0.3) is 5.91 Å². The molecule has 2 aromatic rings. The molecule has 2 heterocycles. The van der Waals surface area contributed by atoms with Crippen LogP contribution in [0.25, 0.3) is 11.0 Å². The molecule has 3 rings (SSSR count). The van der Waals surface area contributed by atoms with Gasteiger partial charge < -0.3 is 14.8 Å². The number of aromatic nitrogens is 2. The largest absolute Gasteiger partial charge is 0.354 e. The Labute approximate surface area is 154 Å². The topological polar surface area (TPSA) is 67.2 Å². The SMILES string of the molecule is CCCN1C(=O)c2nc3ccccc3n2CC1(C)C(=O)NCCC(C)C. The summed E-state index contributed by atoms with van der Waals surface area (Å²) in [5.74, 6) is 0.679. The number of amides is 2. The van der Waals surface area contributed by atoms with Crippen LogP contribution in [0.3, 0.4) is 0 Å². The molecular formula is C20H28N4O2. The van der Waals surface area contributed by atoms with Crippen LogP contribution in [-0.2, 0) is 11.3 Å². The molecule has 0 bridgehead atoms. The normalized spacial score (nSPS) is 19.9. The van der Waals surface area contributed by atoms with Crippen LogP contribution in [0.2, 0.25) is 0 Å². The van der Waals surface area contributed by atoms with E-state index in [0.29, 0.717) is 31.4 Å². The second-order valence-corrected chi connectivity index (χ2v) is 7.68. The van der Waals surface area contributed by atoms with Gasteiger partial charge in [-0.15, -0.1) is 0 Å². The third kappa shape index (κ3) is 3.08. The Kier molecular flexibility index (Phi) is 5.03. The van der Waals surface area contributed by atoms with Crippen LogP contribution in [0, 0.1) is 5.92 Å². The summed E-state index contributed by atoms with van der Waals surface area (Å²) in [7, 11) is 0. The summed E-state index contributed by atoms with van der Waals surface area (Å²) in [6.45, 7) is 9.72. The van der Waals surface area contributed by atoms with Gasteiger partial charge in [-0.05, 0) is 37.8 Å². The van der Waals surface area contributed by atoms with Gasteiger partial charge >= 0.3 is 0 Å². The summed E-state index contributed by atoms with van der Waals surface area (Å²) in [5.41, 5.74) is 0.769. The first-order valence-electron chi connectivity index (χ1n) is 9.44. The standard InChI is InChI=1S/C20H28N4O2/c1-5-12-24-18(25)17-22-15-8-6-7-9-16(15)23(17)13-20(24,4)19(26)21-11-10-14(2)3/h6-9,14H,5,10-13H2,1-4H3,(H,21,26). The van der Waals surface area contributed by atoms with Gasteiger partial charge in [0.05, 0.1) is 17.6 Å². The molecule has 26 heavy (non-hydrogen) atoms. The monoisotopic (exact) mass is 356 g/mol. The van der Waals surface area contributed by atoms with Gasteiger partial charge in [0, 0.05) is 13.1 Å². The van der Waals surface area contributed by atoms with Crippen molar-refractivity contribution in [3.8, 4) is 0 Å². The van der Waals surface area contributed by atoms with Crippen LogP contribution in [0.1, 0.15) is 51.2 Å². The maximum absolute atomic E-state index is 13.1. The van der Waals surface area contributed by atoms with Crippen molar-refractivity contribution in [3.63, 3.8) is 0 Å². The van der Waals surface area contributed by atoms with Gasteiger partial charge in [0.1, 0.15) is 5.54 Å². The number of para-hydroxylation sites is 2. The number of hydrogen-bond acceptors (Lipinski definition) is 3. The maximum Gasteiger partial charge on any atom is 0.290 e. The molecular weight excluding hydrogens is 328 g/mol. The molecule has 1 atom stereocenters. The predicted molar refractivity (Wildman–Crippen MR) is 102 cm³/mol. The first-order chi connectivity index (χ1) is 12.4. The lowest BCUT2D eigenvalue weighted by Crippen LogP contribution is -2.64. The molecule has 1 aromatic heterocycles. The quantitative estimate of drug-likeness (QED) is 0.865. The molecule has 0 spiro atoms. The number of nitrogens with one attached hydrogen (secondary N) is 1. The number of carbonyl (C=O) groups is 2. The number of rotatable bonds is 6. The van der Waals surface area contributed by atoms with Crippen molar-refractivity contribution in [1.29, 1.82) is 0 Å². The zero-order valence-electron chi connectivity index (χ0n) is 16.1. The van der Waals surface area contributed by atoms with Gasteiger partial charge in [-0.1, -0.05) is 32.9 Å². The van der Waals surface area contributed by atoms with Gasteiger partial charge in [-0.2, -0.15) is 0 Å². The van der Waals surface area contributed by atoms with E-state index in [0.717, 1.165) is 23.9 Å². The molecule has 0 saturated carbocycles. The number of fused-ring (bicyclic) bond motifs is 3. The van der Waals surface area contributed by atoms with E-state index >= 15 is 0 Å². The van der Waals surface area contributed by atoms with Crippen LogP contribution in [0.4, 0.5) is 0 Å². The summed E-state index contributed by atoms with van der Waals surface area (Å²) in [4.78, 5) is 32.4. The molecule has 1 N–H and O–H groups in total. The Morgan fingerprint density at radius 1 is 1.35 bits per heavy atom. The summed E-state index contributed by atoms with van der Waals surface area (Å²) >= 11 is 0. The van der Waals surface area contributed by atoms with E-state index in [9.17, 15) is 9.59 Å². The first kappa shape index (κ1) is 18.4. The van der Waals surface area contributed by atoms with Crippen LogP contribution in [0.15, 0.2) is 24.3 Å². The minimum atomic E-state index is -0.916. The number of imidazole rings is 1. The third-order valence-electron chi connectivity index (χ3n) is 5.10. The van der Waals surface area contributed by atoms with E-state index in [-0.39, 0.29) is 11.8 Å². The minimum absolute atomic E-state index is 0.0941. The fourth-order valence-electron chi connectivity index (χ4n) is 3.57. The Morgan fingerprint density at radius 2 is 2.08 bits per heavy atom. The van der Waals surface area contributed by atoms with Crippen LogP contribution >= 0.6 is 0 Å². The van der Waals surface area contributed by atoms with E-state index in [1.807, 2.05) is 42.7 Å². The van der Waals surface area contributed by atoms with Gasteiger partial charge in [0.15, 0.2) is 5.82 Å². The number of nitrogens with zero attached hydrogens (tertiary/aromatic N) is 3. The van der Waals surface area contributed by atoms with Crippen molar-refractivity contribution in [2.24, 2.45) is 5.92 Å². The highest BCUT2D eigenvalue weighted by atomic mass is 16.2. The highest BCUT2D eigenvalue weighted by Gasteiger charge is 2.47. The highest BCUT2D eigenvalue weighted by molar-refractivity contribution is 6.01. The number of carbonyl (C=O) groups excluding carboxylic acids is 2. The van der Waals surface area contributed by atoms with Crippen molar-refractivity contribution >= 4 is 22.8 Å². The molecule has 6 nitrogen and oxygen atoms in total. The summed E-state index contributed by atoms with van der Waals surface area (Å²) in [6, 6.07) is 7.69. The molecule has 0 radical (unpaired) electrons. The molecule has 1 aromatic carbocycles. The smallest absolute Gasteiger partial charge is 0.290 e. The molecule has 0 saturated heterocycles. The number of hydrogen-bond donors (Lipinski definition) is 1. The lowest BCUT2D eigenvalue weighted by Gasteiger charge is -2.43. The van der Waals surface area contributed by atoms with Crippen LogP contribution in [-0.4, -0.2) is 44.9 Å². The van der Waals surface area contributed by atoms with Crippen molar-refractivity contribution in [2.45, 2.75) is 52.6 Å². The third-order valence-corrected chi connectivity index (χ3v) is 5.10. The summed E-state index contributed by atoms with van der Waals surface area (Å²) < 4.78 is 1.89. The molecule has 2 amide bonds. The van der Waals surface area contributed by atoms with Gasteiger partial charge in [0.2, 0.25) is 5.91 Å². The lowest BCUT2D eigenvalue weighted by molar-refractivity contribution is -0.132. The molecule has 1 aliphatic rings. The van der Waals surface area contributed by atoms with Gasteiger partial charge in [-0.25, -0.2) is 4.98 Å². The average Bonchev–Trinajstić information content (AvgIpc) is 2.97. The molecule has 6 heteroatoms.